The summed E-state index contributed by atoms with van der Waals surface area (Å²) in [6.45, 7) is 2.65. The van der Waals surface area contributed by atoms with Crippen molar-refractivity contribution in [1.29, 1.82) is 0 Å². The van der Waals surface area contributed by atoms with E-state index in [1.54, 1.807) is 0 Å². The van der Waals surface area contributed by atoms with Crippen molar-refractivity contribution in [2.24, 2.45) is 0 Å². The molecular weight excluding hydrogens is 234 g/mol. The van der Waals surface area contributed by atoms with Crippen LogP contribution in [0.4, 0.5) is 0 Å². The second-order valence-electron chi connectivity index (χ2n) is 3.10. The molecule has 1 rings (SSSR count). The van der Waals surface area contributed by atoms with Gasteiger partial charge in [-0.15, -0.1) is 16.7 Å². The first-order chi connectivity index (χ1) is 7.29. The number of rotatable bonds is 6. The molecule has 1 amide bonds. The van der Waals surface area contributed by atoms with Crippen LogP contribution in [0, 0.1) is 0 Å². The number of alkyl halides is 1. The van der Waals surface area contributed by atoms with Crippen molar-refractivity contribution in [2.45, 2.75) is 26.2 Å². The molecule has 0 bridgehead atoms. The highest BCUT2D eigenvalue weighted by atomic mass is 35.5. The van der Waals surface area contributed by atoms with Crippen LogP contribution in [0.3, 0.4) is 0 Å². The fraction of sp³-hybridized carbons (Fsp3) is 0.667. The zero-order valence-corrected chi connectivity index (χ0v) is 10.2. The summed E-state index contributed by atoms with van der Waals surface area (Å²) in [6, 6.07) is 0. The molecule has 1 aromatic heterocycles. The molecule has 6 heteroatoms. The first kappa shape index (κ1) is 12.4. The van der Waals surface area contributed by atoms with Gasteiger partial charge >= 0.3 is 0 Å². The minimum Gasteiger partial charge on any atom is -0.351 e. The highest BCUT2D eigenvalue weighted by Crippen LogP contribution is 2.12. The van der Waals surface area contributed by atoms with E-state index in [9.17, 15) is 4.79 Å². The minimum absolute atomic E-state index is 0.0847. The molecule has 0 aromatic carbocycles. The van der Waals surface area contributed by atoms with Gasteiger partial charge in [-0.05, 0) is 24.4 Å². The van der Waals surface area contributed by atoms with Crippen LogP contribution in [-0.2, 0) is 6.42 Å². The van der Waals surface area contributed by atoms with E-state index in [1.165, 1.54) is 0 Å². The van der Waals surface area contributed by atoms with Gasteiger partial charge in [-0.25, -0.2) is 0 Å². The van der Waals surface area contributed by atoms with Crippen LogP contribution in [0.15, 0.2) is 0 Å². The van der Waals surface area contributed by atoms with Crippen molar-refractivity contribution in [3.8, 4) is 0 Å². The normalized spacial score (nSPS) is 10.3. The van der Waals surface area contributed by atoms with Gasteiger partial charge in [0.1, 0.15) is 4.88 Å². The van der Waals surface area contributed by atoms with E-state index in [0.717, 1.165) is 36.5 Å². The topological polar surface area (TPSA) is 54.9 Å². The Morgan fingerprint density at radius 1 is 1.60 bits per heavy atom. The Kier molecular flexibility index (Phi) is 5.57. The zero-order valence-electron chi connectivity index (χ0n) is 8.62. The van der Waals surface area contributed by atoms with Gasteiger partial charge in [0.2, 0.25) is 0 Å². The lowest BCUT2D eigenvalue weighted by atomic mass is 10.2. The second kappa shape index (κ2) is 6.74. The van der Waals surface area contributed by atoms with E-state index in [4.69, 9.17) is 11.6 Å². The van der Waals surface area contributed by atoms with Crippen molar-refractivity contribution >= 4 is 29.0 Å². The molecule has 0 radical (unpaired) electrons. The van der Waals surface area contributed by atoms with Gasteiger partial charge < -0.3 is 5.32 Å². The van der Waals surface area contributed by atoms with Crippen molar-refractivity contribution in [1.82, 2.24) is 14.9 Å². The van der Waals surface area contributed by atoms with Gasteiger partial charge in [0.25, 0.3) is 5.91 Å². The molecule has 1 heterocycles. The number of nitrogens with zero attached hydrogens (tertiary/aromatic N) is 2. The first-order valence-electron chi connectivity index (χ1n) is 4.95. The average molecular weight is 248 g/mol. The molecule has 0 aliphatic carbocycles. The number of amides is 1. The van der Waals surface area contributed by atoms with E-state index < -0.39 is 0 Å². The van der Waals surface area contributed by atoms with Crippen LogP contribution in [0.5, 0.6) is 0 Å². The monoisotopic (exact) mass is 247 g/mol. The molecule has 84 valence electrons. The fourth-order valence-electron chi connectivity index (χ4n) is 1.13. The molecule has 15 heavy (non-hydrogen) atoms. The molecule has 0 saturated heterocycles. The van der Waals surface area contributed by atoms with Crippen LogP contribution in [0.25, 0.3) is 0 Å². The Labute approximate surface area is 98.2 Å². The van der Waals surface area contributed by atoms with Gasteiger partial charge in [0.05, 0.1) is 5.69 Å². The van der Waals surface area contributed by atoms with Crippen molar-refractivity contribution in [3.05, 3.63) is 10.6 Å². The summed E-state index contributed by atoms with van der Waals surface area (Å²) in [5.41, 5.74) is 0.797. The number of hydrogen-bond acceptors (Lipinski definition) is 4. The number of hydrogen-bond donors (Lipinski definition) is 1. The van der Waals surface area contributed by atoms with Gasteiger partial charge in [0.15, 0.2) is 0 Å². The lowest BCUT2D eigenvalue weighted by molar-refractivity contribution is 0.0956. The van der Waals surface area contributed by atoms with Crippen LogP contribution in [-0.4, -0.2) is 27.9 Å². The average Bonchev–Trinajstić information content (AvgIpc) is 2.67. The largest absolute Gasteiger partial charge is 0.351 e. The van der Waals surface area contributed by atoms with E-state index in [-0.39, 0.29) is 5.91 Å². The molecular formula is C9H14ClN3OS. The van der Waals surface area contributed by atoms with Crippen molar-refractivity contribution in [2.75, 3.05) is 12.4 Å². The smallest absolute Gasteiger partial charge is 0.264 e. The maximum absolute atomic E-state index is 11.7. The number of aryl methyl sites for hydroxylation is 1. The highest BCUT2D eigenvalue weighted by Gasteiger charge is 2.14. The van der Waals surface area contributed by atoms with E-state index in [2.05, 4.69) is 21.8 Å². The van der Waals surface area contributed by atoms with Crippen LogP contribution < -0.4 is 5.32 Å². The standard InChI is InChI=1S/C9H14ClN3OS/c1-2-4-7-8(15-13-12-7)9(14)11-6-3-5-10/h2-6H2,1H3,(H,11,14). The Morgan fingerprint density at radius 2 is 2.40 bits per heavy atom. The van der Waals surface area contributed by atoms with Crippen LogP contribution >= 0.6 is 23.1 Å². The third-order valence-corrected chi connectivity index (χ3v) is 2.88. The maximum atomic E-state index is 11.7. The number of carbonyl (C=O) groups is 1. The Morgan fingerprint density at radius 3 is 3.07 bits per heavy atom. The summed E-state index contributed by atoms with van der Waals surface area (Å²) in [4.78, 5) is 12.3. The number of carbonyl (C=O) groups excluding carboxylic acids is 1. The lowest BCUT2D eigenvalue weighted by Crippen LogP contribution is -2.24. The predicted octanol–water partition coefficient (Wildman–Crippen LogP) is 1.85. The Balaban J connectivity index is 2.53. The summed E-state index contributed by atoms with van der Waals surface area (Å²) >= 11 is 6.67. The lowest BCUT2D eigenvalue weighted by Gasteiger charge is -2.02. The van der Waals surface area contributed by atoms with E-state index in [1.807, 2.05) is 0 Å². The summed E-state index contributed by atoms with van der Waals surface area (Å²) in [5, 5.41) is 6.73. The summed E-state index contributed by atoms with van der Waals surface area (Å²) in [5.74, 6) is 0.474. The second-order valence-corrected chi connectivity index (χ2v) is 4.23. The van der Waals surface area contributed by atoms with Gasteiger partial charge in [-0.3, -0.25) is 4.79 Å². The molecule has 1 N–H and O–H groups in total. The molecule has 0 aliphatic heterocycles. The molecule has 0 aliphatic rings. The van der Waals surface area contributed by atoms with Gasteiger partial charge in [0, 0.05) is 12.4 Å². The summed E-state index contributed by atoms with van der Waals surface area (Å²) in [7, 11) is 0. The fourth-order valence-corrected chi connectivity index (χ4v) is 1.89. The van der Waals surface area contributed by atoms with Crippen molar-refractivity contribution in [3.63, 3.8) is 0 Å². The SMILES string of the molecule is CCCc1nnsc1C(=O)NCCCCl. The zero-order chi connectivity index (χ0) is 11.1. The third-order valence-electron chi connectivity index (χ3n) is 1.84. The molecule has 0 atom stereocenters. The highest BCUT2D eigenvalue weighted by molar-refractivity contribution is 7.08. The first-order valence-corrected chi connectivity index (χ1v) is 6.25. The van der Waals surface area contributed by atoms with E-state index >= 15 is 0 Å². The third kappa shape index (κ3) is 3.76. The number of aromatic nitrogens is 2. The number of halogens is 1. The predicted molar refractivity (Wildman–Crippen MR) is 61.6 cm³/mol. The Hall–Kier alpha value is -0.680. The van der Waals surface area contributed by atoms with Crippen molar-refractivity contribution < 1.29 is 4.79 Å². The number of nitrogens with one attached hydrogen (secondary N) is 1. The van der Waals surface area contributed by atoms with Gasteiger partial charge in [-0.2, -0.15) is 0 Å². The quantitative estimate of drug-likeness (QED) is 0.617. The Bertz CT molecular complexity index is 316. The van der Waals surface area contributed by atoms with Gasteiger partial charge in [-0.1, -0.05) is 17.8 Å². The van der Waals surface area contributed by atoms with Crippen LogP contribution in [0.2, 0.25) is 0 Å². The minimum atomic E-state index is -0.0847. The summed E-state index contributed by atoms with van der Waals surface area (Å²) < 4.78 is 3.79. The molecule has 0 fully saturated rings. The van der Waals surface area contributed by atoms with E-state index in [0.29, 0.717) is 17.3 Å². The summed E-state index contributed by atoms with van der Waals surface area (Å²) in [6.07, 6.45) is 2.55. The maximum Gasteiger partial charge on any atom is 0.264 e. The van der Waals surface area contributed by atoms with Crippen LogP contribution in [0.1, 0.15) is 35.1 Å². The molecule has 1 aromatic rings. The molecule has 0 saturated carbocycles. The molecule has 4 nitrogen and oxygen atoms in total. The molecule has 0 unspecified atom stereocenters. The molecule has 0 spiro atoms.